The van der Waals surface area contributed by atoms with Crippen LogP contribution in [0.3, 0.4) is 0 Å². The fraction of sp³-hybridized carbons (Fsp3) is 0.714. The minimum Gasteiger partial charge on any atom is -0.475 e. The summed E-state index contributed by atoms with van der Waals surface area (Å²) in [6.07, 6.45) is 4.27. The van der Waals surface area contributed by atoms with Crippen LogP contribution in [0.2, 0.25) is 0 Å². The van der Waals surface area contributed by atoms with Gasteiger partial charge in [0.1, 0.15) is 6.61 Å². The Hall–Kier alpha value is -1.13. The van der Waals surface area contributed by atoms with Crippen LogP contribution in [0.4, 0.5) is 0 Å². The number of guanidine groups is 1. The van der Waals surface area contributed by atoms with Gasteiger partial charge >= 0.3 is 0 Å². The van der Waals surface area contributed by atoms with Gasteiger partial charge in [0.25, 0.3) is 0 Å². The van der Waals surface area contributed by atoms with Crippen LogP contribution in [0.5, 0.6) is 5.88 Å². The largest absolute Gasteiger partial charge is 0.475 e. The Balaban J connectivity index is 0.00000420. The molecule has 2 atom stereocenters. The average Bonchev–Trinajstić information content (AvgIpc) is 2.69. The molecule has 2 unspecified atom stereocenters. The number of nitrogens with zero attached hydrogens (tertiary/aromatic N) is 2. The molecule has 0 amide bonds. The summed E-state index contributed by atoms with van der Waals surface area (Å²) in [4.78, 5) is 8.67. The lowest BCUT2D eigenvalue weighted by molar-refractivity contribution is -0.0835. The molecule has 1 fully saturated rings. The van der Waals surface area contributed by atoms with Crippen LogP contribution in [0.15, 0.2) is 23.3 Å². The van der Waals surface area contributed by atoms with Crippen molar-refractivity contribution in [1.82, 2.24) is 15.6 Å². The molecular weight excluding hydrogens is 483 g/mol. The van der Waals surface area contributed by atoms with E-state index in [-0.39, 0.29) is 35.5 Å². The van der Waals surface area contributed by atoms with Crippen molar-refractivity contribution in [3.63, 3.8) is 0 Å². The second-order valence-corrected chi connectivity index (χ2v) is 8.18. The van der Waals surface area contributed by atoms with Gasteiger partial charge in [0.2, 0.25) is 5.88 Å². The minimum atomic E-state index is 0. The van der Waals surface area contributed by atoms with Gasteiger partial charge in [-0.25, -0.2) is 4.98 Å². The van der Waals surface area contributed by atoms with Crippen LogP contribution in [-0.2, 0) is 16.0 Å². The third-order valence-electron chi connectivity index (χ3n) is 4.88. The fourth-order valence-corrected chi connectivity index (χ4v) is 3.55. The lowest BCUT2D eigenvalue weighted by atomic mass is 9.78. The van der Waals surface area contributed by atoms with Gasteiger partial charge in [0.05, 0.1) is 12.7 Å². The molecule has 1 aromatic heterocycles. The van der Waals surface area contributed by atoms with Crippen molar-refractivity contribution in [2.24, 2.45) is 16.3 Å². The molecule has 0 bridgehead atoms. The molecule has 29 heavy (non-hydrogen) atoms. The summed E-state index contributed by atoms with van der Waals surface area (Å²) in [6.45, 7) is 10.0. The van der Waals surface area contributed by atoms with Gasteiger partial charge in [-0.2, -0.15) is 0 Å². The standard InChI is InChI=1S/C21H36N4O3.HI/c1-21(2,3)18-16(9-7-11-27-18)14-24-20(22-4)25-15-17-8-6-10-23-19(17)28-13-12-26-5;/h6,8,10,16,18H,7,9,11-15H2,1-5H3,(H2,22,24,25);1H. The van der Waals surface area contributed by atoms with E-state index >= 15 is 0 Å². The van der Waals surface area contributed by atoms with Gasteiger partial charge in [0, 0.05) is 51.5 Å². The zero-order valence-corrected chi connectivity index (χ0v) is 20.7. The number of rotatable bonds is 8. The third-order valence-corrected chi connectivity index (χ3v) is 4.88. The third kappa shape index (κ3) is 8.64. The molecule has 166 valence electrons. The monoisotopic (exact) mass is 520 g/mol. The van der Waals surface area contributed by atoms with E-state index in [1.54, 1.807) is 20.4 Å². The molecule has 1 aliphatic heterocycles. The van der Waals surface area contributed by atoms with Crippen molar-refractivity contribution in [3.8, 4) is 5.88 Å². The van der Waals surface area contributed by atoms with Crippen molar-refractivity contribution in [2.45, 2.75) is 46.3 Å². The van der Waals surface area contributed by atoms with Gasteiger partial charge < -0.3 is 24.8 Å². The SMILES string of the molecule is CN=C(NCc1cccnc1OCCOC)NCC1CCCOC1C(C)(C)C.I. The van der Waals surface area contributed by atoms with Gasteiger partial charge in [-0.3, -0.25) is 4.99 Å². The van der Waals surface area contributed by atoms with Gasteiger partial charge in [-0.15, -0.1) is 24.0 Å². The number of methoxy groups -OCH3 is 1. The van der Waals surface area contributed by atoms with Crippen LogP contribution >= 0.6 is 24.0 Å². The quantitative estimate of drug-likeness (QED) is 0.237. The molecule has 2 rings (SSSR count). The maximum Gasteiger partial charge on any atom is 0.218 e. The molecule has 0 aliphatic carbocycles. The normalized spacial score (nSPS) is 20.0. The molecule has 1 aromatic rings. The Labute approximate surface area is 192 Å². The first kappa shape index (κ1) is 25.9. The molecule has 7 nitrogen and oxygen atoms in total. The molecule has 1 saturated heterocycles. The molecule has 0 aromatic carbocycles. The van der Waals surface area contributed by atoms with Gasteiger partial charge in [-0.05, 0) is 24.3 Å². The first-order valence-corrected chi connectivity index (χ1v) is 10.1. The Morgan fingerprint density at radius 1 is 1.31 bits per heavy atom. The van der Waals surface area contributed by atoms with Crippen molar-refractivity contribution in [3.05, 3.63) is 23.9 Å². The van der Waals surface area contributed by atoms with E-state index in [2.05, 4.69) is 41.4 Å². The van der Waals surface area contributed by atoms with Crippen LogP contribution in [0, 0.1) is 11.3 Å². The van der Waals surface area contributed by atoms with Crippen molar-refractivity contribution in [1.29, 1.82) is 0 Å². The van der Waals surface area contributed by atoms with E-state index in [1.165, 1.54) is 6.42 Å². The summed E-state index contributed by atoms with van der Waals surface area (Å²) < 4.78 is 16.8. The Morgan fingerprint density at radius 2 is 2.10 bits per heavy atom. The van der Waals surface area contributed by atoms with Crippen LogP contribution < -0.4 is 15.4 Å². The smallest absolute Gasteiger partial charge is 0.218 e. The highest BCUT2D eigenvalue weighted by Gasteiger charge is 2.35. The summed E-state index contributed by atoms with van der Waals surface area (Å²) >= 11 is 0. The molecule has 0 saturated carbocycles. The minimum absolute atomic E-state index is 0. The van der Waals surface area contributed by atoms with E-state index in [0.717, 1.165) is 31.1 Å². The fourth-order valence-electron chi connectivity index (χ4n) is 3.55. The molecule has 2 heterocycles. The molecule has 0 radical (unpaired) electrons. The molecule has 8 heteroatoms. The summed E-state index contributed by atoms with van der Waals surface area (Å²) in [7, 11) is 3.44. The second kappa shape index (κ2) is 13.2. The summed E-state index contributed by atoms with van der Waals surface area (Å²) in [5.41, 5.74) is 1.11. The number of hydrogen-bond acceptors (Lipinski definition) is 5. The van der Waals surface area contributed by atoms with E-state index < -0.39 is 0 Å². The van der Waals surface area contributed by atoms with Crippen molar-refractivity contribution in [2.75, 3.05) is 40.5 Å². The number of hydrogen-bond donors (Lipinski definition) is 2. The van der Waals surface area contributed by atoms with Crippen LogP contribution in [0.1, 0.15) is 39.2 Å². The molecule has 1 aliphatic rings. The zero-order valence-electron chi connectivity index (χ0n) is 18.4. The van der Waals surface area contributed by atoms with Crippen molar-refractivity contribution >= 4 is 29.9 Å². The van der Waals surface area contributed by atoms with Gasteiger partial charge in [-0.1, -0.05) is 26.8 Å². The van der Waals surface area contributed by atoms with Gasteiger partial charge in [0.15, 0.2) is 5.96 Å². The first-order valence-electron chi connectivity index (χ1n) is 10.1. The number of aliphatic imine (C=N–C) groups is 1. The number of pyridine rings is 1. The maximum atomic E-state index is 6.08. The summed E-state index contributed by atoms with van der Waals surface area (Å²) in [5, 5.41) is 6.82. The number of aromatic nitrogens is 1. The Morgan fingerprint density at radius 3 is 2.79 bits per heavy atom. The predicted molar refractivity (Wildman–Crippen MR) is 127 cm³/mol. The second-order valence-electron chi connectivity index (χ2n) is 8.18. The first-order chi connectivity index (χ1) is 13.5. The van der Waals surface area contributed by atoms with E-state index in [1.807, 2.05) is 12.1 Å². The highest BCUT2D eigenvalue weighted by molar-refractivity contribution is 14.0. The van der Waals surface area contributed by atoms with E-state index in [9.17, 15) is 0 Å². The highest BCUT2D eigenvalue weighted by atomic mass is 127. The number of nitrogens with one attached hydrogen (secondary N) is 2. The lowest BCUT2D eigenvalue weighted by Crippen LogP contribution is -2.47. The summed E-state index contributed by atoms with van der Waals surface area (Å²) in [5.74, 6) is 1.86. The average molecular weight is 520 g/mol. The van der Waals surface area contributed by atoms with Crippen LogP contribution in [-0.4, -0.2) is 57.6 Å². The predicted octanol–water partition coefficient (Wildman–Crippen LogP) is 3.23. The Kier molecular flexibility index (Phi) is 11.8. The molecule has 2 N–H and O–H groups in total. The maximum absolute atomic E-state index is 6.08. The van der Waals surface area contributed by atoms with Crippen LogP contribution in [0.25, 0.3) is 0 Å². The number of halogens is 1. The molecule has 0 spiro atoms. The topological polar surface area (TPSA) is 77.0 Å². The Bertz CT molecular complexity index is 622. The lowest BCUT2D eigenvalue weighted by Gasteiger charge is -2.40. The van der Waals surface area contributed by atoms with Crippen molar-refractivity contribution < 1.29 is 14.2 Å². The summed E-state index contributed by atoms with van der Waals surface area (Å²) in [6, 6.07) is 3.91. The number of ether oxygens (including phenoxy) is 3. The van der Waals surface area contributed by atoms with E-state index in [0.29, 0.717) is 31.6 Å². The zero-order chi connectivity index (χ0) is 20.4. The molecular formula is C21H37IN4O3. The highest BCUT2D eigenvalue weighted by Crippen LogP contribution is 2.33. The van der Waals surface area contributed by atoms with E-state index in [4.69, 9.17) is 14.2 Å².